The van der Waals surface area contributed by atoms with Crippen LogP contribution in [0.25, 0.3) is 6.08 Å². The van der Waals surface area contributed by atoms with Gasteiger partial charge >= 0.3 is 0 Å². The van der Waals surface area contributed by atoms with Crippen molar-refractivity contribution in [2.24, 2.45) is 29.6 Å². The summed E-state index contributed by atoms with van der Waals surface area (Å²) in [5, 5.41) is 0. The Morgan fingerprint density at radius 2 is 1.69 bits per heavy atom. The quantitative estimate of drug-likeness (QED) is 0.398. The Balaban J connectivity index is 1.29. The molecule has 166 valence electrons. The van der Waals surface area contributed by atoms with E-state index < -0.39 is 0 Å². The van der Waals surface area contributed by atoms with Crippen molar-refractivity contribution in [1.82, 2.24) is 0 Å². The molecule has 1 heterocycles. The molecule has 32 heavy (non-hydrogen) atoms. The van der Waals surface area contributed by atoms with Crippen molar-refractivity contribution < 1.29 is 0 Å². The van der Waals surface area contributed by atoms with Crippen LogP contribution >= 0.6 is 15.9 Å². The molecule has 6 rings (SSSR count). The number of hydrogen-bond donors (Lipinski definition) is 0. The number of nitrogens with zero attached hydrogens (tertiary/aromatic N) is 1. The summed E-state index contributed by atoms with van der Waals surface area (Å²) in [4.78, 5) is 3.27. The molecule has 2 heteroatoms. The molecule has 7 unspecified atom stereocenters. The van der Waals surface area contributed by atoms with Crippen LogP contribution in [0.3, 0.4) is 0 Å². The summed E-state index contributed by atoms with van der Waals surface area (Å²) < 4.78 is 0. The molecule has 1 aliphatic heterocycles. The molecule has 0 radical (unpaired) electrons. The molecule has 2 aromatic rings. The monoisotopic (exact) mass is 487 g/mol. The fraction of sp³-hybridized carbons (Fsp3) is 0.467. The third kappa shape index (κ3) is 3.16. The van der Waals surface area contributed by atoms with Crippen molar-refractivity contribution >= 4 is 27.7 Å². The highest BCUT2D eigenvalue weighted by molar-refractivity contribution is 9.09. The molecule has 0 aromatic heterocycles. The Bertz CT molecular complexity index is 1080. The van der Waals surface area contributed by atoms with Crippen molar-refractivity contribution in [3.8, 4) is 0 Å². The summed E-state index contributed by atoms with van der Waals surface area (Å²) in [6, 6.07) is 20.7. The van der Waals surface area contributed by atoms with Gasteiger partial charge in [0.25, 0.3) is 0 Å². The minimum Gasteiger partial charge on any atom is -0.342 e. The van der Waals surface area contributed by atoms with Gasteiger partial charge in [-0.2, -0.15) is 0 Å². The Hall–Kier alpha value is -1.80. The summed E-state index contributed by atoms with van der Waals surface area (Å²) in [6.07, 6.45) is 7.65. The smallest absolute Gasteiger partial charge is 0.0418 e. The van der Waals surface area contributed by atoms with E-state index in [1.807, 2.05) is 0 Å². The van der Waals surface area contributed by atoms with Crippen LogP contribution in [-0.2, 0) is 6.42 Å². The Morgan fingerprint density at radius 3 is 2.47 bits per heavy atom. The van der Waals surface area contributed by atoms with Crippen LogP contribution in [0.1, 0.15) is 51.2 Å². The lowest BCUT2D eigenvalue weighted by atomic mass is 9.68. The van der Waals surface area contributed by atoms with Crippen molar-refractivity contribution in [2.75, 3.05) is 4.90 Å². The van der Waals surface area contributed by atoms with E-state index >= 15 is 0 Å². The number of alkyl halides is 1. The van der Waals surface area contributed by atoms with E-state index in [0.717, 1.165) is 30.1 Å². The largest absolute Gasteiger partial charge is 0.342 e. The molecule has 0 spiro atoms. The van der Waals surface area contributed by atoms with Gasteiger partial charge in [0.2, 0.25) is 0 Å². The van der Waals surface area contributed by atoms with Crippen LogP contribution in [0.2, 0.25) is 0 Å². The second kappa shape index (κ2) is 7.90. The SMILES string of the molecule is CC1=C(C)N(c2ccccc2)C2CC3C(CC4=Cc5ccccc5C4)C(C)CC3C(Br)C12. The lowest BCUT2D eigenvalue weighted by Crippen LogP contribution is -2.47. The molecule has 2 aromatic carbocycles. The van der Waals surface area contributed by atoms with Gasteiger partial charge in [-0.3, -0.25) is 0 Å². The third-order valence-electron chi connectivity index (χ3n) is 9.28. The topological polar surface area (TPSA) is 3.24 Å². The lowest BCUT2D eigenvalue weighted by Gasteiger charge is -2.45. The first kappa shape index (κ1) is 20.8. The van der Waals surface area contributed by atoms with Crippen LogP contribution in [0.5, 0.6) is 0 Å². The summed E-state index contributed by atoms with van der Waals surface area (Å²) in [7, 11) is 0. The normalized spacial score (nSPS) is 35.6. The van der Waals surface area contributed by atoms with Gasteiger partial charge in [0.15, 0.2) is 0 Å². The highest BCUT2D eigenvalue weighted by Crippen LogP contribution is 2.59. The molecular formula is C30H34BrN. The van der Waals surface area contributed by atoms with Crippen molar-refractivity contribution in [3.63, 3.8) is 0 Å². The van der Waals surface area contributed by atoms with Crippen LogP contribution < -0.4 is 4.90 Å². The maximum Gasteiger partial charge on any atom is 0.0418 e. The maximum atomic E-state index is 4.29. The molecule has 7 atom stereocenters. The summed E-state index contributed by atoms with van der Waals surface area (Å²) in [6.45, 7) is 7.27. The Kier molecular flexibility index (Phi) is 5.13. The minimum atomic E-state index is 0.588. The fourth-order valence-electron chi connectivity index (χ4n) is 7.72. The van der Waals surface area contributed by atoms with E-state index in [1.54, 1.807) is 11.1 Å². The molecule has 4 aliphatic rings. The van der Waals surface area contributed by atoms with Gasteiger partial charge in [-0.25, -0.2) is 0 Å². The van der Waals surface area contributed by atoms with Crippen molar-refractivity contribution in [1.29, 1.82) is 0 Å². The number of rotatable bonds is 3. The second-order valence-electron chi connectivity index (χ2n) is 10.8. The zero-order valence-corrected chi connectivity index (χ0v) is 21.1. The number of benzene rings is 2. The number of hydrogen-bond acceptors (Lipinski definition) is 1. The average Bonchev–Trinajstić information content (AvgIpc) is 3.43. The summed E-state index contributed by atoms with van der Waals surface area (Å²) >= 11 is 4.29. The zero-order chi connectivity index (χ0) is 22.0. The molecule has 0 amide bonds. The van der Waals surface area contributed by atoms with Gasteiger partial charge in [-0.05, 0) is 92.0 Å². The van der Waals surface area contributed by atoms with E-state index in [9.17, 15) is 0 Å². The first-order chi connectivity index (χ1) is 15.5. The Morgan fingerprint density at radius 1 is 0.938 bits per heavy atom. The first-order valence-electron chi connectivity index (χ1n) is 12.5. The highest BCUT2D eigenvalue weighted by atomic mass is 79.9. The van der Waals surface area contributed by atoms with Crippen LogP contribution in [0.15, 0.2) is 71.4 Å². The van der Waals surface area contributed by atoms with Crippen molar-refractivity contribution in [2.45, 2.75) is 57.3 Å². The number of allylic oxidation sites excluding steroid dienone is 2. The van der Waals surface area contributed by atoms with Crippen LogP contribution in [0, 0.1) is 29.6 Å². The lowest BCUT2D eigenvalue weighted by molar-refractivity contribution is 0.181. The molecule has 1 nitrogen and oxygen atoms in total. The summed E-state index contributed by atoms with van der Waals surface area (Å²) in [5.74, 6) is 3.87. The van der Waals surface area contributed by atoms with Gasteiger partial charge in [0.05, 0.1) is 0 Å². The van der Waals surface area contributed by atoms with Gasteiger partial charge < -0.3 is 4.90 Å². The van der Waals surface area contributed by atoms with E-state index in [2.05, 4.69) is 102 Å². The van der Waals surface area contributed by atoms with E-state index in [-0.39, 0.29) is 0 Å². The average molecular weight is 489 g/mol. The first-order valence-corrected chi connectivity index (χ1v) is 13.4. The molecule has 2 saturated carbocycles. The molecule has 2 fully saturated rings. The van der Waals surface area contributed by atoms with Crippen LogP contribution in [0.4, 0.5) is 5.69 Å². The highest BCUT2D eigenvalue weighted by Gasteiger charge is 2.55. The van der Waals surface area contributed by atoms with Crippen molar-refractivity contribution in [3.05, 3.63) is 82.6 Å². The number of fused-ring (bicyclic) bond motifs is 3. The molecule has 3 aliphatic carbocycles. The van der Waals surface area contributed by atoms with Gasteiger partial charge in [0, 0.05) is 28.2 Å². The summed E-state index contributed by atoms with van der Waals surface area (Å²) in [5.41, 5.74) is 9.08. The number of halogens is 1. The zero-order valence-electron chi connectivity index (χ0n) is 19.5. The standard InChI is InChI=1S/C30H34BrN/c1-18-13-27-26(25(18)16-21-14-22-9-7-8-10-23(22)15-21)17-28-29(30(27)31)19(2)20(3)32(28)24-11-5-4-6-12-24/h4-12,14,18,25-30H,13,15-17H2,1-3H3. The van der Waals surface area contributed by atoms with E-state index in [4.69, 9.17) is 0 Å². The van der Waals surface area contributed by atoms with Gasteiger partial charge in [0.1, 0.15) is 0 Å². The number of para-hydroxylation sites is 1. The Labute approximate surface area is 201 Å². The third-order valence-corrected chi connectivity index (χ3v) is 10.5. The number of anilines is 1. The predicted octanol–water partition coefficient (Wildman–Crippen LogP) is 7.87. The molecule has 0 saturated heterocycles. The van der Waals surface area contributed by atoms with Gasteiger partial charge in [-0.1, -0.05) is 77.0 Å². The van der Waals surface area contributed by atoms with E-state index in [1.165, 1.54) is 41.8 Å². The molecular weight excluding hydrogens is 454 g/mol. The fourth-order valence-corrected chi connectivity index (χ4v) is 9.08. The van der Waals surface area contributed by atoms with Gasteiger partial charge in [-0.15, -0.1) is 0 Å². The predicted molar refractivity (Wildman–Crippen MR) is 139 cm³/mol. The molecule has 0 bridgehead atoms. The molecule has 0 N–H and O–H groups in total. The maximum absolute atomic E-state index is 4.29. The second-order valence-corrected chi connectivity index (χ2v) is 11.9. The van der Waals surface area contributed by atoms with E-state index in [0.29, 0.717) is 16.8 Å². The minimum absolute atomic E-state index is 0.588. The van der Waals surface area contributed by atoms with Crippen LogP contribution in [-0.4, -0.2) is 10.9 Å².